The molecule has 0 heterocycles. The van der Waals surface area contributed by atoms with E-state index in [0.29, 0.717) is 45.6 Å². The summed E-state index contributed by atoms with van der Waals surface area (Å²) in [6.45, 7) is 0.394. The second kappa shape index (κ2) is 10.1. The van der Waals surface area contributed by atoms with Crippen molar-refractivity contribution < 1.29 is 14.3 Å². The first-order valence-corrected chi connectivity index (χ1v) is 9.86. The monoisotopic (exact) mass is 427 g/mol. The third kappa shape index (κ3) is 6.08. The van der Waals surface area contributed by atoms with Gasteiger partial charge < -0.3 is 10.1 Å². The lowest BCUT2D eigenvalue weighted by molar-refractivity contribution is -0.116. The minimum Gasteiger partial charge on any atom is -0.494 e. The van der Waals surface area contributed by atoms with Crippen LogP contribution in [0.1, 0.15) is 28.8 Å². The Morgan fingerprint density at radius 3 is 2.28 bits per heavy atom. The zero-order valence-electron chi connectivity index (χ0n) is 15.5. The van der Waals surface area contributed by atoms with Gasteiger partial charge in [0.2, 0.25) is 5.91 Å². The van der Waals surface area contributed by atoms with E-state index < -0.39 is 0 Å². The van der Waals surface area contributed by atoms with E-state index in [9.17, 15) is 9.59 Å². The minimum absolute atomic E-state index is 0.200. The normalized spacial score (nSPS) is 10.4. The zero-order valence-corrected chi connectivity index (χ0v) is 17.0. The largest absolute Gasteiger partial charge is 0.494 e. The van der Waals surface area contributed by atoms with Crippen LogP contribution in [-0.2, 0) is 4.79 Å². The Morgan fingerprint density at radius 1 is 0.862 bits per heavy atom. The molecule has 0 aliphatic rings. The number of nitrogens with one attached hydrogen (secondary N) is 1. The molecular weight excluding hydrogens is 409 g/mol. The quantitative estimate of drug-likeness (QED) is 0.353. The van der Waals surface area contributed by atoms with Crippen LogP contribution >= 0.6 is 23.2 Å². The second-order valence-electron chi connectivity index (χ2n) is 6.34. The molecule has 4 nitrogen and oxygen atoms in total. The standard InChI is InChI=1S/C23H19Cl2NO3/c24-17-8-11-19(12-9-17)29-14-4-7-22(27)26-21-13-10-18(25)15-20(21)23(28)16-5-2-1-3-6-16/h1-3,5-6,8-13,15H,4,7,14H2,(H,26,27). The molecule has 0 unspecified atom stereocenters. The number of anilines is 1. The van der Waals surface area contributed by atoms with Gasteiger partial charge in [-0.25, -0.2) is 0 Å². The van der Waals surface area contributed by atoms with Crippen LogP contribution in [0.4, 0.5) is 5.69 Å². The van der Waals surface area contributed by atoms with Gasteiger partial charge in [0.15, 0.2) is 5.78 Å². The molecule has 1 N–H and O–H groups in total. The lowest BCUT2D eigenvalue weighted by Gasteiger charge is -2.11. The number of ether oxygens (including phenoxy) is 1. The van der Waals surface area contributed by atoms with E-state index in [1.165, 1.54) is 0 Å². The van der Waals surface area contributed by atoms with Gasteiger partial charge in [0.25, 0.3) is 0 Å². The first-order chi connectivity index (χ1) is 14.0. The van der Waals surface area contributed by atoms with Crippen molar-refractivity contribution in [3.63, 3.8) is 0 Å². The number of hydrogen-bond acceptors (Lipinski definition) is 3. The Kier molecular flexibility index (Phi) is 7.28. The van der Waals surface area contributed by atoms with Crippen LogP contribution in [0, 0.1) is 0 Å². The van der Waals surface area contributed by atoms with Gasteiger partial charge in [-0.2, -0.15) is 0 Å². The summed E-state index contributed by atoms with van der Waals surface area (Å²) in [5.41, 5.74) is 1.32. The average Bonchev–Trinajstić information content (AvgIpc) is 2.74. The molecule has 6 heteroatoms. The number of halogens is 2. The predicted molar refractivity (Wildman–Crippen MR) is 116 cm³/mol. The van der Waals surface area contributed by atoms with Gasteiger partial charge in [0.1, 0.15) is 5.75 Å². The Hall–Kier alpha value is -2.82. The fourth-order valence-corrected chi connectivity index (χ4v) is 3.02. The van der Waals surface area contributed by atoms with Crippen molar-refractivity contribution in [2.45, 2.75) is 12.8 Å². The summed E-state index contributed by atoms with van der Waals surface area (Å²) in [5, 5.41) is 3.87. The topological polar surface area (TPSA) is 55.4 Å². The molecule has 0 spiro atoms. The summed E-state index contributed by atoms with van der Waals surface area (Å²) in [5.74, 6) is 0.298. The molecule has 0 bridgehead atoms. The molecule has 1 amide bonds. The number of benzene rings is 3. The summed E-state index contributed by atoms with van der Waals surface area (Å²) in [7, 11) is 0. The molecule has 0 aliphatic heterocycles. The van der Waals surface area contributed by atoms with E-state index in [1.54, 1.807) is 66.7 Å². The molecule has 148 valence electrons. The van der Waals surface area contributed by atoms with Gasteiger partial charge in [0.05, 0.1) is 12.3 Å². The maximum absolute atomic E-state index is 12.8. The maximum atomic E-state index is 12.8. The lowest BCUT2D eigenvalue weighted by atomic mass is 10.0. The van der Waals surface area contributed by atoms with Crippen molar-refractivity contribution in [1.29, 1.82) is 0 Å². The predicted octanol–water partition coefficient (Wildman–Crippen LogP) is 6.02. The van der Waals surface area contributed by atoms with E-state index in [4.69, 9.17) is 27.9 Å². The minimum atomic E-state index is -0.200. The van der Waals surface area contributed by atoms with E-state index >= 15 is 0 Å². The molecule has 0 fully saturated rings. The van der Waals surface area contributed by atoms with E-state index in [1.807, 2.05) is 6.07 Å². The van der Waals surface area contributed by atoms with Crippen molar-refractivity contribution in [2.75, 3.05) is 11.9 Å². The van der Waals surface area contributed by atoms with Crippen molar-refractivity contribution in [3.8, 4) is 5.75 Å². The number of carbonyl (C=O) groups excluding carboxylic acids is 2. The van der Waals surface area contributed by atoms with Crippen LogP contribution in [0.2, 0.25) is 10.0 Å². The fourth-order valence-electron chi connectivity index (χ4n) is 2.72. The highest BCUT2D eigenvalue weighted by atomic mass is 35.5. The highest BCUT2D eigenvalue weighted by Gasteiger charge is 2.16. The fraction of sp³-hybridized carbons (Fsp3) is 0.130. The number of carbonyl (C=O) groups is 2. The number of amides is 1. The van der Waals surface area contributed by atoms with Crippen LogP contribution in [-0.4, -0.2) is 18.3 Å². The Bertz CT molecular complexity index is 989. The SMILES string of the molecule is O=C(CCCOc1ccc(Cl)cc1)Nc1ccc(Cl)cc1C(=O)c1ccccc1. The molecule has 0 aliphatic carbocycles. The third-order valence-electron chi connectivity index (χ3n) is 4.17. The number of rotatable bonds is 8. The van der Waals surface area contributed by atoms with Gasteiger partial charge in [-0.3, -0.25) is 9.59 Å². The van der Waals surface area contributed by atoms with Crippen LogP contribution in [0.3, 0.4) is 0 Å². The van der Waals surface area contributed by atoms with Crippen LogP contribution in [0.15, 0.2) is 72.8 Å². The summed E-state index contributed by atoms with van der Waals surface area (Å²) in [4.78, 5) is 25.1. The maximum Gasteiger partial charge on any atom is 0.224 e. The van der Waals surface area contributed by atoms with E-state index in [0.717, 1.165) is 0 Å². The molecule has 3 rings (SSSR count). The summed E-state index contributed by atoms with van der Waals surface area (Å²) in [6, 6.07) is 20.8. The van der Waals surface area contributed by atoms with Gasteiger partial charge >= 0.3 is 0 Å². The zero-order chi connectivity index (χ0) is 20.6. The highest BCUT2D eigenvalue weighted by Crippen LogP contribution is 2.24. The van der Waals surface area contributed by atoms with Crippen LogP contribution in [0.25, 0.3) is 0 Å². The van der Waals surface area contributed by atoms with Gasteiger partial charge in [-0.1, -0.05) is 53.5 Å². The molecule has 0 radical (unpaired) electrons. The van der Waals surface area contributed by atoms with Crippen molar-refractivity contribution in [3.05, 3.63) is 94.0 Å². The molecular formula is C23H19Cl2NO3. The molecule has 0 aromatic heterocycles. The van der Waals surface area contributed by atoms with Crippen molar-refractivity contribution in [1.82, 2.24) is 0 Å². The van der Waals surface area contributed by atoms with E-state index in [2.05, 4.69) is 5.32 Å². The summed E-state index contributed by atoms with van der Waals surface area (Å²) in [6.07, 6.45) is 0.791. The third-order valence-corrected chi connectivity index (χ3v) is 4.65. The molecule has 29 heavy (non-hydrogen) atoms. The first-order valence-electron chi connectivity index (χ1n) is 9.10. The highest BCUT2D eigenvalue weighted by molar-refractivity contribution is 6.31. The smallest absolute Gasteiger partial charge is 0.224 e. The first kappa shape index (κ1) is 20.9. The van der Waals surface area contributed by atoms with Crippen LogP contribution in [0.5, 0.6) is 5.75 Å². The van der Waals surface area contributed by atoms with Crippen molar-refractivity contribution >= 4 is 40.6 Å². The number of ketones is 1. The average molecular weight is 428 g/mol. The molecule has 3 aromatic rings. The molecule has 0 saturated heterocycles. The summed E-state index contributed by atoms with van der Waals surface area (Å²) < 4.78 is 5.59. The Labute approximate surface area is 179 Å². The van der Waals surface area contributed by atoms with Crippen molar-refractivity contribution in [2.24, 2.45) is 0 Å². The van der Waals surface area contributed by atoms with Gasteiger partial charge in [-0.05, 0) is 48.9 Å². The Balaban J connectivity index is 1.58. The second-order valence-corrected chi connectivity index (χ2v) is 7.21. The van der Waals surface area contributed by atoms with Crippen LogP contribution < -0.4 is 10.1 Å². The number of hydrogen-bond donors (Lipinski definition) is 1. The van der Waals surface area contributed by atoms with Gasteiger partial charge in [-0.15, -0.1) is 0 Å². The van der Waals surface area contributed by atoms with Gasteiger partial charge in [0, 0.05) is 27.6 Å². The molecule has 3 aromatic carbocycles. The lowest BCUT2D eigenvalue weighted by Crippen LogP contribution is -2.16. The summed E-state index contributed by atoms with van der Waals surface area (Å²) >= 11 is 11.9. The van der Waals surface area contributed by atoms with E-state index in [-0.39, 0.29) is 18.1 Å². The molecule has 0 saturated carbocycles. The molecule has 0 atom stereocenters. The Morgan fingerprint density at radius 2 is 1.55 bits per heavy atom.